The van der Waals surface area contributed by atoms with Crippen molar-refractivity contribution < 1.29 is 0 Å². The number of hydrogen-bond donors (Lipinski definition) is 0. The fourth-order valence-corrected chi connectivity index (χ4v) is 4.03. The molecule has 0 fully saturated rings. The summed E-state index contributed by atoms with van der Waals surface area (Å²) in [6.07, 6.45) is 0. The predicted molar refractivity (Wildman–Crippen MR) is 84.5 cm³/mol. The van der Waals surface area contributed by atoms with Gasteiger partial charge in [-0.25, -0.2) is 0 Å². The van der Waals surface area contributed by atoms with Gasteiger partial charge in [0.25, 0.3) is 0 Å². The molecule has 2 heteroatoms. The summed E-state index contributed by atoms with van der Waals surface area (Å²) in [6.45, 7) is 0. The smallest absolute Gasteiger partial charge is 0.0711 e. The van der Waals surface area contributed by atoms with Crippen LogP contribution in [0.5, 0.6) is 0 Å². The summed E-state index contributed by atoms with van der Waals surface area (Å²) in [5.74, 6) is 0. The number of halogens is 1. The molecule has 0 aliphatic carbocycles. The molecule has 18 heavy (non-hydrogen) atoms. The summed E-state index contributed by atoms with van der Waals surface area (Å²) < 4.78 is 2.53. The molecule has 0 aliphatic rings. The van der Waals surface area contributed by atoms with E-state index >= 15 is 0 Å². The predicted octanol–water partition coefficient (Wildman–Crippen LogP) is 5.97. The topological polar surface area (TPSA) is 0 Å². The van der Waals surface area contributed by atoms with Crippen molar-refractivity contribution in [2.24, 2.45) is 0 Å². The lowest BCUT2D eigenvalue weighted by Crippen LogP contribution is -1.75. The zero-order chi connectivity index (χ0) is 12.1. The van der Waals surface area contributed by atoms with Crippen molar-refractivity contribution in [3.63, 3.8) is 0 Å². The maximum absolute atomic E-state index is 3.56. The average molecular weight is 313 g/mol. The third-order valence-corrected chi connectivity index (χ3v) is 4.91. The Bertz CT molecular complexity index is 817. The molecule has 4 aromatic rings. The molecule has 0 saturated carbocycles. The van der Waals surface area contributed by atoms with E-state index in [2.05, 4.69) is 70.5 Å². The molecular weight excluding hydrogens is 304 g/mol. The Morgan fingerprint density at radius 2 is 1.28 bits per heavy atom. The monoisotopic (exact) mass is 312 g/mol. The number of thiophene rings is 1. The molecule has 0 saturated heterocycles. The fraction of sp³-hybridized carbons (Fsp3) is 0. The van der Waals surface area contributed by atoms with Gasteiger partial charge < -0.3 is 0 Å². The summed E-state index contributed by atoms with van der Waals surface area (Å²) in [4.78, 5) is 0. The molecule has 0 aliphatic heterocycles. The minimum Gasteiger partial charge on any atom is -0.128 e. The summed E-state index contributed by atoms with van der Waals surface area (Å²) >= 11 is 5.35. The molecule has 0 amide bonds. The quantitative estimate of drug-likeness (QED) is 0.351. The van der Waals surface area contributed by atoms with Gasteiger partial charge >= 0.3 is 0 Å². The SMILES string of the molecule is Brc1cc2cc3cc4ccccc4cc3cc2s1. The lowest BCUT2D eigenvalue weighted by atomic mass is 10.0. The van der Waals surface area contributed by atoms with Crippen LogP contribution in [-0.2, 0) is 0 Å². The number of benzene rings is 3. The minimum atomic E-state index is 1.19. The molecule has 0 unspecified atom stereocenters. The van der Waals surface area contributed by atoms with E-state index in [1.165, 1.54) is 35.4 Å². The van der Waals surface area contributed by atoms with Crippen LogP contribution in [0.2, 0.25) is 0 Å². The first-order valence-corrected chi connectivity index (χ1v) is 7.42. The van der Waals surface area contributed by atoms with Crippen LogP contribution in [0.1, 0.15) is 0 Å². The van der Waals surface area contributed by atoms with Crippen molar-refractivity contribution in [3.8, 4) is 0 Å². The maximum atomic E-state index is 3.56. The maximum Gasteiger partial charge on any atom is 0.0711 e. The second-order valence-corrected chi connectivity index (χ2v) is 6.95. The van der Waals surface area contributed by atoms with Crippen LogP contribution in [0.4, 0.5) is 0 Å². The second-order valence-electron chi connectivity index (χ2n) is 4.49. The Kier molecular flexibility index (Phi) is 2.23. The van der Waals surface area contributed by atoms with Gasteiger partial charge in [-0.15, -0.1) is 11.3 Å². The van der Waals surface area contributed by atoms with Crippen LogP contribution in [-0.4, -0.2) is 0 Å². The highest BCUT2D eigenvalue weighted by atomic mass is 79.9. The average Bonchev–Trinajstić information content (AvgIpc) is 2.72. The van der Waals surface area contributed by atoms with E-state index in [1.54, 1.807) is 11.3 Å². The molecular formula is C16H9BrS. The van der Waals surface area contributed by atoms with Crippen molar-refractivity contribution in [2.75, 3.05) is 0 Å². The highest BCUT2D eigenvalue weighted by Crippen LogP contribution is 2.34. The Balaban J connectivity index is 2.19. The van der Waals surface area contributed by atoms with E-state index in [0.717, 1.165) is 0 Å². The summed E-state index contributed by atoms with van der Waals surface area (Å²) in [7, 11) is 0. The number of hydrogen-bond acceptors (Lipinski definition) is 1. The molecule has 0 bridgehead atoms. The van der Waals surface area contributed by atoms with E-state index in [0.29, 0.717) is 0 Å². The third kappa shape index (κ3) is 1.57. The van der Waals surface area contributed by atoms with E-state index in [4.69, 9.17) is 0 Å². The van der Waals surface area contributed by atoms with Crippen LogP contribution < -0.4 is 0 Å². The summed E-state index contributed by atoms with van der Waals surface area (Å²) in [5.41, 5.74) is 0. The molecule has 0 atom stereocenters. The first-order chi connectivity index (χ1) is 8.79. The molecule has 4 rings (SSSR count). The Hall–Kier alpha value is -1.38. The first kappa shape index (κ1) is 10.5. The van der Waals surface area contributed by atoms with Crippen LogP contribution >= 0.6 is 27.3 Å². The zero-order valence-electron chi connectivity index (χ0n) is 9.48. The molecule has 1 aromatic heterocycles. The van der Waals surface area contributed by atoms with Crippen molar-refractivity contribution in [3.05, 3.63) is 58.4 Å². The molecule has 0 N–H and O–H groups in total. The van der Waals surface area contributed by atoms with E-state index in [-0.39, 0.29) is 0 Å². The lowest BCUT2D eigenvalue weighted by Gasteiger charge is -2.02. The van der Waals surface area contributed by atoms with Gasteiger partial charge in [0.15, 0.2) is 0 Å². The Morgan fingerprint density at radius 1 is 0.667 bits per heavy atom. The molecule has 86 valence electrons. The number of fused-ring (bicyclic) bond motifs is 3. The highest BCUT2D eigenvalue weighted by Gasteiger charge is 2.03. The van der Waals surface area contributed by atoms with Gasteiger partial charge in [-0.3, -0.25) is 0 Å². The van der Waals surface area contributed by atoms with Gasteiger partial charge in [0, 0.05) is 4.70 Å². The Morgan fingerprint density at radius 3 is 2.00 bits per heavy atom. The van der Waals surface area contributed by atoms with Gasteiger partial charge in [0.05, 0.1) is 3.79 Å². The van der Waals surface area contributed by atoms with Crippen molar-refractivity contribution in [1.82, 2.24) is 0 Å². The summed E-state index contributed by atoms with van der Waals surface area (Å²) in [5, 5.41) is 6.55. The standard InChI is InChI=1S/C16H9BrS/c17-16-9-14-7-12-5-10-3-1-2-4-11(10)6-13(12)8-15(14)18-16/h1-9H. The first-order valence-electron chi connectivity index (χ1n) is 5.81. The van der Waals surface area contributed by atoms with Crippen LogP contribution in [0.15, 0.2) is 58.4 Å². The van der Waals surface area contributed by atoms with Gasteiger partial charge in [-0.2, -0.15) is 0 Å². The molecule has 1 heterocycles. The lowest BCUT2D eigenvalue weighted by molar-refractivity contribution is 1.80. The van der Waals surface area contributed by atoms with Crippen molar-refractivity contribution in [2.45, 2.75) is 0 Å². The zero-order valence-corrected chi connectivity index (χ0v) is 11.9. The van der Waals surface area contributed by atoms with Gasteiger partial charge in [-0.05, 0) is 73.2 Å². The van der Waals surface area contributed by atoms with Crippen LogP contribution in [0, 0.1) is 0 Å². The largest absolute Gasteiger partial charge is 0.128 e. The van der Waals surface area contributed by atoms with Crippen molar-refractivity contribution in [1.29, 1.82) is 0 Å². The normalized spacial score (nSPS) is 11.6. The van der Waals surface area contributed by atoms with E-state index in [1.807, 2.05) is 0 Å². The number of rotatable bonds is 0. The van der Waals surface area contributed by atoms with Crippen LogP contribution in [0.25, 0.3) is 31.6 Å². The molecule has 0 spiro atoms. The minimum absolute atomic E-state index is 1.19. The molecule has 0 nitrogen and oxygen atoms in total. The Labute approximate surface area is 117 Å². The van der Waals surface area contributed by atoms with E-state index < -0.39 is 0 Å². The van der Waals surface area contributed by atoms with Gasteiger partial charge in [-0.1, -0.05) is 24.3 Å². The third-order valence-electron chi connectivity index (χ3n) is 3.31. The fourth-order valence-electron chi connectivity index (χ4n) is 2.45. The highest BCUT2D eigenvalue weighted by molar-refractivity contribution is 9.11. The second kappa shape index (κ2) is 3.81. The summed E-state index contributed by atoms with van der Waals surface area (Å²) in [6, 6.07) is 19.8. The molecule has 0 radical (unpaired) electrons. The van der Waals surface area contributed by atoms with Gasteiger partial charge in [0.1, 0.15) is 0 Å². The van der Waals surface area contributed by atoms with E-state index in [9.17, 15) is 0 Å². The van der Waals surface area contributed by atoms with Gasteiger partial charge in [0.2, 0.25) is 0 Å². The molecule has 3 aromatic carbocycles. The van der Waals surface area contributed by atoms with Crippen LogP contribution in [0.3, 0.4) is 0 Å². The van der Waals surface area contributed by atoms with Crippen molar-refractivity contribution >= 4 is 58.9 Å².